The number of carbonyl (C=O) groups is 1. The molecular weight excluding hydrogens is 312 g/mol. The molecule has 1 atom stereocenters. The Hall–Kier alpha value is -2.85. The van der Waals surface area contributed by atoms with Gasteiger partial charge in [-0.3, -0.25) is 4.79 Å². The Morgan fingerprint density at radius 2 is 1.72 bits per heavy atom. The second kappa shape index (κ2) is 7.81. The number of quaternary nitrogens is 1. The standard InChI is InChI=1S/C21H22N2O2/c1-23(14-16-7-11-20(25-2)12-8-16)15-21(24)22-19-10-9-17-5-3-4-6-18(17)13-19/h3-13H,14-15H2,1-2H3,(H,22,24)/p+1. The van der Waals surface area contributed by atoms with Gasteiger partial charge in [-0.2, -0.15) is 0 Å². The van der Waals surface area contributed by atoms with E-state index in [4.69, 9.17) is 4.74 Å². The van der Waals surface area contributed by atoms with Crippen molar-refractivity contribution in [2.24, 2.45) is 0 Å². The van der Waals surface area contributed by atoms with E-state index >= 15 is 0 Å². The molecule has 0 aliphatic rings. The number of hydrogen-bond donors (Lipinski definition) is 2. The highest BCUT2D eigenvalue weighted by Gasteiger charge is 2.11. The molecule has 4 nitrogen and oxygen atoms in total. The van der Waals surface area contributed by atoms with Crippen LogP contribution in [0.5, 0.6) is 5.75 Å². The first kappa shape index (κ1) is 17.0. The van der Waals surface area contributed by atoms with E-state index in [0.717, 1.165) is 28.3 Å². The van der Waals surface area contributed by atoms with E-state index in [1.54, 1.807) is 7.11 Å². The van der Waals surface area contributed by atoms with Gasteiger partial charge in [-0.1, -0.05) is 30.3 Å². The van der Waals surface area contributed by atoms with Gasteiger partial charge in [0.15, 0.2) is 6.54 Å². The number of nitrogens with one attached hydrogen (secondary N) is 2. The Labute approximate surface area is 148 Å². The summed E-state index contributed by atoms with van der Waals surface area (Å²) in [4.78, 5) is 13.4. The average Bonchev–Trinajstić information content (AvgIpc) is 2.62. The minimum atomic E-state index is 0.0151. The van der Waals surface area contributed by atoms with Crippen molar-refractivity contribution < 1.29 is 14.4 Å². The fourth-order valence-electron chi connectivity index (χ4n) is 2.90. The lowest BCUT2D eigenvalue weighted by molar-refractivity contribution is -0.885. The number of ether oxygens (including phenoxy) is 1. The molecule has 0 heterocycles. The SMILES string of the molecule is COc1ccc(C[NH+](C)CC(=O)Nc2ccc3ccccc3c2)cc1. The van der Waals surface area contributed by atoms with Gasteiger partial charge in [-0.05, 0) is 47.2 Å². The van der Waals surface area contributed by atoms with Crippen molar-refractivity contribution in [3.8, 4) is 5.75 Å². The van der Waals surface area contributed by atoms with Crippen molar-refractivity contribution in [1.82, 2.24) is 0 Å². The van der Waals surface area contributed by atoms with E-state index in [9.17, 15) is 4.79 Å². The van der Waals surface area contributed by atoms with Crippen LogP contribution >= 0.6 is 0 Å². The van der Waals surface area contributed by atoms with Crippen molar-refractivity contribution >= 4 is 22.4 Å². The van der Waals surface area contributed by atoms with Gasteiger partial charge in [-0.25, -0.2) is 0 Å². The molecule has 1 amide bonds. The van der Waals surface area contributed by atoms with Crippen LogP contribution in [0.2, 0.25) is 0 Å². The van der Waals surface area contributed by atoms with Gasteiger partial charge in [-0.15, -0.1) is 0 Å². The van der Waals surface area contributed by atoms with Gasteiger partial charge in [0.05, 0.1) is 14.2 Å². The number of hydrogen-bond acceptors (Lipinski definition) is 2. The molecule has 0 fully saturated rings. The number of carbonyl (C=O) groups excluding carboxylic acids is 1. The van der Waals surface area contributed by atoms with Crippen LogP contribution in [0.3, 0.4) is 0 Å². The molecule has 128 valence electrons. The maximum atomic E-state index is 12.3. The number of amides is 1. The van der Waals surface area contributed by atoms with Crippen LogP contribution in [0, 0.1) is 0 Å². The Balaban J connectivity index is 1.56. The summed E-state index contributed by atoms with van der Waals surface area (Å²) < 4.78 is 5.16. The number of rotatable bonds is 6. The largest absolute Gasteiger partial charge is 0.497 e. The zero-order chi connectivity index (χ0) is 17.6. The number of benzene rings is 3. The normalized spacial score (nSPS) is 11.9. The summed E-state index contributed by atoms with van der Waals surface area (Å²) >= 11 is 0. The molecule has 0 aromatic heterocycles. The quantitative estimate of drug-likeness (QED) is 0.727. The molecule has 25 heavy (non-hydrogen) atoms. The third-order valence-electron chi connectivity index (χ3n) is 4.16. The fourth-order valence-corrected chi connectivity index (χ4v) is 2.90. The molecule has 3 rings (SSSR count). The second-order valence-electron chi connectivity index (χ2n) is 6.27. The van der Waals surface area contributed by atoms with Crippen molar-refractivity contribution in [3.63, 3.8) is 0 Å². The van der Waals surface area contributed by atoms with Crippen LogP contribution in [0.25, 0.3) is 10.8 Å². The lowest BCUT2D eigenvalue weighted by atomic mass is 10.1. The summed E-state index contributed by atoms with van der Waals surface area (Å²) in [5.41, 5.74) is 2.01. The van der Waals surface area contributed by atoms with Crippen molar-refractivity contribution in [2.45, 2.75) is 6.54 Å². The molecule has 0 aliphatic heterocycles. The molecule has 0 radical (unpaired) electrons. The summed E-state index contributed by atoms with van der Waals surface area (Å²) in [5.74, 6) is 0.858. The Morgan fingerprint density at radius 1 is 1.00 bits per heavy atom. The third-order valence-corrected chi connectivity index (χ3v) is 4.16. The van der Waals surface area contributed by atoms with Crippen LogP contribution in [-0.4, -0.2) is 26.6 Å². The molecular formula is C21H23N2O2+. The Bertz CT molecular complexity index is 859. The first-order valence-electron chi connectivity index (χ1n) is 8.37. The van der Waals surface area contributed by atoms with Crippen molar-refractivity contribution in [1.29, 1.82) is 0 Å². The highest BCUT2D eigenvalue weighted by atomic mass is 16.5. The molecule has 0 spiro atoms. The second-order valence-corrected chi connectivity index (χ2v) is 6.27. The van der Waals surface area contributed by atoms with E-state index in [1.165, 1.54) is 10.9 Å². The van der Waals surface area contributed by atoms with Crippen LogP contribution in [0.1, 0.15) is 5.56 Å². The first-order chi connectivity index (χ1) is 12.1. The van der Waals surface area contributed by atoms with Crippen molar-refractivity contribution in [2.75, 3.05) is 26.0 Å². The van der Waals surface area contributed by atoms with Gasteiger partial charge in [0.2, 0.25) is 0 Å². The third kappa shape index (κ3) is 4.58. The topological polar surface area (TPSA) is 42.8 Å². The fraction of sp³-hybridized carbons (Fsp3) is 0.190. The molecule has 1 unspecified atom stereocenters. The highest BCUT2D eigenvalue weighted by Crippen LogP contribution is 2.18. The predicted octanol–water partition coefficient (Wildman–Crippen LogP) is 2.50. The molecule has 3 aromatic rings. The van der Waals surface area contributed by atoms with E-state index in [1.807, 2.05) is 67.7 Å². The number of fused-ring (bicyclic) bond motifs is 1. The Morgan fingerprint density at radius 3 is 2.44 bits per heavy atom. The number of anilines is 1. The molecule has 0 bridgehead atoms. The molecule has 3 aromatic carbocycles. The van der Waals surface area contributed by atoms with Crippen LogP contribution in [0.4, 0.5) is 5.69 Å². The summed E-state index contributed by atoms with van der Waals surface area (Å²) in [6.45, 7) is 1.20. The van der Waals surface area contributed by atoms with Gasteiger partial charge < -0.3 is 15.0 Å². The molecule has 4 heteroatoms. The molecule has 0 saturated carbocycles. The van der Waals surface area contributed by atoms with E-state index in [-0.39, 0.29) is 5.91 Å². The lowest BCUT2D eigenvalue weighted by Crippen LogP contribution is -3.08. The first-order valence-corrected chi connectivity index (χ1v) is 8.37. The summed E-state index contributed by atoms with van der Waals surface area (Å²) in [5, 5.41) is 5.28. The average molecular weight is 335 g/mol. The minimum absolute atomic E-state index is 0.0151. The zero-order valence-corrected chi connectivity index (χ0v) is 14.6. The maximum Gasteiger partial charge on any atom is 0.279 e. The smallest absolute Gasteiger partial charge is 0.279 e. The summed E-state index contributed by atoms with van der Waals surface area (Å²) in [6.07, 6.45) is 0. The van der Waals surface area contributed by atoms with Gasteiger partial charge in [0, 0.05) is 11.3 Å². The van der Waals surface area contributed by atoms with Gasteiger partial charge in [0.25, 0.3) is 5.91 Å². The van der Waals surface area contributed by atoms with E-state index < -0.39 is 0 Å². The summed E-state index contributed by atoms with van der Waals surface area (Å²) in [7, 11) is 3.67. The van der Waals surface area contributed by atoms with E-state index in [2.05, 4.69) is 11.4 Å². The predicted molar refractivity (Wildman–Crippen MR) is 101 cm³/mol. The number of likely N-dealkylation sites (N-methyl/N-ethyl adjacent to an activating group) is 1. The van der Waals surface area contributed by atoms with Gasteiger partial charge in [0.1, 0.15) is 12.3 Å². The minimum Gasteiger partial charge on any atom is -0.497 e. The number of methoxy groups -OCH3 is 1. The monoisotopic (exact) mass is 335 g/mol. The zero-order valence-electron chi connectivity index (χ0n) is 14.6. The van der Waals surface area contributed by atoms with Crippen molar-refractivity contribution in [3.05, 3.63) is 72.3 Å². The highest BCUT2D eigenvalue weighted by molar-refractivity contribution is 5.94. The van der Waals surface area contributed by atoms with Crippen LogP contribution in [0.15, 0.2) is 66.7 Å². The van der Waals surface area contributed by atoms with Gasteiger partial charge >= 0.3 is 0 Å². The molecule has 2 N–H and O–H groups in total. The maximum absolute atomic E-state index is 12.3. The lowest BCUT2D eigenvalue weighted by Gasteiger charge is -2.14. The van der Waals surface area contributed by atoms with Crippen LogP contribution < -0.4 is 15.0 Å². The van der Waals surface area contributed by atoms with E-state index in [0.29, 0.717) is 6.54 Å². The molecule has 0 aliphatic carbocycles. The Kier molecular flexibility index (Phi) is 5.31. The summed E-state index contributed by atoms with van der Waals surface area (Å²) in [6, 6.07) is 22.0. The van der Waals surface area contributed by atoms with Crippen LogP contribution in [-0.2, 0) is 11.3 Å². The molecule has 0 saturated heterocycles.